The number of carbonyl (C=O) groups excluding carboxylic acids is 2. The number of carbonyl (C=O) groups is 2. The Bertz CT molecular complexity index is 464. The fraction of sp³-hybridized carbons (Fsp3) is 0.364. The van der Waals surface area contributed by atoms with E-state index in [1.165, 1.54) is 17.2 Å². The lowest BCUT2D eigenvalue weighted by atomic mass is 10.2. The minimum Gasteiger partial charge on any atom is -0.368 e. The number of amides is 2. The van der Waals surface area contributed by atoms with Gasteiger partial charge in [0.05, 0.1) is 0 Å². The summed E-state index contributed by atoms with van der Waals surface area (Å²) in [7, 11) is 0. The van der Waals surface area contributed by atoms with Gasteiger partial charge in [-0.3, -0.25) is 14.6 Å². The maximum absolute atomic E-state index is 12.1. The number of likely N-dealkylation sites (tertiary alicyclic amines) is 1. The topological polar surface area (TPSA) is 76.3 Å². The fourth-order valence-corrected chi connectivity index (χ4v) is 2.13. The van der Waals surface area contributed by atoms with Crippen LogP contribution in [0.5, 0.6) is 0 Å². The molecule has 0 radical (unpaired) electrons. The van der Waals surface area contributed by atoms with E-state index in [0.29, 0.717) is 18.0 Å². The second kappa shape index (κ2) is 4.71. The lowest BCUT2D eigenvalue weighted by Crippen LogP contribution is -2.43. The molecular formula is C11H12ClN3O2. The summed E-state index contributed by atoms with van der Waals surface area (Å²) in [4.78, 5) is 28.7. The van der Waals surface area contributed by atoms with Crippen molar-refractivity contribution >= 4 is 23.4 Å². The first-order valence-electron chi connectivity index (χ1n) is 5.31. The molecule has 17 heavy (non-hydrogen) atoms. The molecule has 1 saturated heterocycles. The monoisotopic (exact) mass is 253 g/mol. The summed E-state index contributed by atoms with van der Waals surface area (Å²) < 4.78 is 0. The SMILES string of the molecule is NC(=O)C1CCCN1C(=O)c1cc(Cl)ccn1. The summed E-state index contributed by atoms with van der Waals surface area (Å²) in [6.45, 7) is 0.528. The number of halogens is 1. The third-order valence-electron chi connectivity index (χ3n) is 2.78. The van der Waals surface area contributed by atoms with Crippen molar-refractivity contribution in [3.63, 3.8) is 0 Å². The highest BCUT2D eigenvalue weighted by Crippen LogP contribution is 2.20. The van der Waals surface area contributed by atoms with Crippen LogP contribution in [0.1, 0.15) is 23.3 Å². The predicted octanol–water partition coefficient (Wildman–Crippen LogP) is 0.825. The van der Waals surface area contributed by atoms with E-state index in [0.717, 1.165) is 6.42 Å². The summed E-state index contributed by atoms with van der Waals surface area (Å²) >= 11 is 5.79. The highest BCUT2D eigenvalue weighted by atomic mass is 35.5. The Labute approximate surface area is 104 Å². The van der Waals surface area contributed by atoms with Gasteiger partial charge < -0.3 is 10.6 Å². The largest absolute Gasteiger partial charge is 0.368 e. The Morgan fingerprint density at radius 3 is 2.94 bits per heavy atom. The van der Waals surface area contributed by atoms with Crippen molar-refractivity contribution in [2.75, 3.05) is 6.54 Å². The molecule has 1 atom stereocenters. The summed E-state index contributed by atoms with van der Waals surface area (Å²) in [6.07, 6.45) is 2.85. The fourth-order valence-electron chi connectivity index (χ4n) is 1.97. The molecule has 2 rings (SSSR count). The Hall–Kier alpha value is -1.62. The highest BCUT2D eigenvalue weighted by molar-refractivity contribution is 6.30. The second-order valence-corrected chi connectivity index (χ2v) is 4.35. The van der Waals surface area contributed by atoms with Crippen molar-refractivity contribution in [3.05, 3.63) is 29.0 Å². The third-order valence-corrected chi connectivity index (χ3v) is 3.02. The van der Waals surface area contributed by atoms with Crippen LogP contribution < -0.4 is 5.73 Å². The maximum Gasteiger partial charge on any atom is 0.273 e. The maximum atomic E-state index is 12.1. The molecule has 0 spiro atoms. The molecule has 90 valence electrons. The van der Waals surface area contributed by atoms with Gasteiger partial charge in [-0.05, 0) is 25.0 Å². The van der Waals surface area contributed by atoms with Crippen molar-refractivity contribution in [3.8, 4) is 0 Å². The first-order valence-corrected chi connectivity index (χ1v) is 5.69. The zero-order valence-corrected chi connectivity index (χ0v) is 9.85. The normalized spacial score (nSPS) is 19.4. The number of rotatable bonds is 2. The smallest absolute Gasteiger partial charge is 0.273 e. The summed E-state index contributed by atoms with van der Waals surface area (Å²) in [5, 5.41) is 0.443. The van der Waals surface area contributed by atoms with E-state index in [2.05, 4.69) is 4.98 Å². The Kier molecular flexibility index (Phi) is 3.28. The average Bonchev–Trinajstić information content (AvgIpc) is 2.77. The number of aromatic nitrogens is 1. The van der Waals surface area contributed by atoms with E-state index in [1.807, 2.05) is 0 Å². The molecule has 0 saturated carbocycles. The van der Waals surface area contributed by atoms with Crippen LogP contribution in [0.4, 0.5) is 0 Å². The van der Waals surface area contributed by atoms with Crippen molar-refractivity contribution in [1.29, 1.82) is 0 Å². The van der Waals surface area contributed by atoms with E-state index >= 15 is 0 Å². The number of nitrogens with zero attached hydrogens (tertiary/aromatic N) is 2. The first-order chi connectivity index (χ1) is 8.09. The summed E-state index contributed by atoms with van der Waals surface area (Å²) in [5.41, 5.74) is 5.50. The molecule has 0 aromatic carbocycles. The molecule has 1 unspecified atom stereocenters. The second-order valence-electron chi connectivity index (χ2n) is 3.92. The van der Waals surface area contributed by atoms with Crippen LogP contribution in [0.25, 0.3) is 0 Å². The third kappa shape index (κ3) is 2.39. The molecule has 5 nitrogen and oxygen atoms in total. The number of nitrogens with two attached hydrogens (primary N) is 1. The van der Waals surface area contributed by atoms with Crippen LogP contribution in [0.15, 0.2) is 18.3 Å². The lowest BCUT2D eigenvalue weighted by molar-refractivity contribution is -0.121. The highest BCUT2D eigenvalue weighted by Gasteiger charge is 2.33. The van der Waals surface area contributed by atoms with Crippen LogP contribution in [-0.4, -0.2) is 34.3 Å². The molecule has 2 N–H and O–H groups in total. The Morgan fingerprint density at radius 1 is 1.53 bits per heavy atom. The molecule has 0 bridgehead atoms. The minimum absolute atomic E-state index is 0.241. The molecule has 2 heterocycles. The van der Waals surface area contributed by atoms with Crippen LogP contribution in [0.2, 0.25) is 5.02 Å². The van der Waals surface area contributed by atoms with Crippen LogP contribution in [0, 0.1) is 0 Å². The van der Waals surface area contributed by atoms with Gasteiger partial charge >= 0.3 is 0 Å². The van der Waals surface area contributed by atoms with Gasteiger partial charge in [0.15, 0.2) is 0 Å². The minimum atomic E-state index is -0.525. The van der Waals surface area contributed by atoms with Crippen LogP contribution in [-0.2, 0) is 4.79 Å². The van der Waals surface area contributed by atoms with Gasteiger partial charge in [-0.25, -0.2) is 0 Å². The van der Waals surface area contributed by atoms with Gasteiger partial charge in [-0.1, -0.05) is 11.6 Å². The van der Waals surface area contributed by atoms with Crippen molar-refractivity contribution < 1.29 is 9.59 Å². The molecule has 1 aromatic heterocycles. The Morgan fingerprint density at radius 2 is 2.29 bits per heavy atom. The van der Waals surface area contributed by atoms with Gasteiger partial charge in [0.1, 0.15) is 11.7 Å². The van der Waals surface area contributed by atoms with E-state index in [1.54, 1.807) is 6.07 Å². The van der Waals surface area contributed by atoms with Crippen molar-refractivity contribution in [2.45, 2.75) is 18.9 Å². The molecule has 0 aliphatic carbocycles. The van der Waals surface area contributed by atoms with Crippen LogP contribution >= 0.6 is 11.6 Å². The quantitative estimate of drug-likeness (QED) is 0.848. The molecule has 6 heteroatoms. The Balaban J connectivity index is 2.23. The van der Waals surface area contributed by atoms with Crippen molar-refractivity contribution in [1.82, 2.24) is 9.88 Å². The van der Waals surface area contributed by atoms with Gasteiger partial charge in [0, 0.05) is 17.8 Å². The number of hydrogen-bond acceptors (Lipinski definition) is 3. The lowest BCUT2D eigenvalue weighted by Gasteiger charge is -2.21. The van der Waals surface area contributed by atoms with E-state index < -0.39 is 11.9 Å². The first kappa shape index (κ1) is 11.9. The van der Waals surface area contributed by atoms with Gasteiger partial charge in [0.25, 0.3) is 5.91 Å². The zero-order valence-electron chi connectivity index (χ0n) is 9.10. The van der Waals surface area contributed by atoms with Crippen molar-refractivity contribution in [2.24, 2.45) is 5.73 Å². The summed E-state index contributed by atoms with van der Waals surface area (Å²) in [5.74, 6) is -0.772. The van der Waals surface area contributed by atoms with Gasteiger partial charge in [-0.15, -0.1) is 0 Å². The van der Waals surface area contributed by atoms with E-state index in [-0.39, 0.29) is 11.6 Å². The molecule has 2 amide bonds. The number of hydrogen-bond donors (Lipinski definition) is 1. The molecule has 1 aromatic rings. The number of primary amides is 1. The summed E-state index contributed by atoms with van der Waals surface area (Å²) in [6, 6.07) is 2.55. The molecule has 1 fully saturated rings. The average molecular weight is 254 g/mol. The standard InChI is InChI=1S/C11H12ClN3O2/c12-7-3-4-14-8(6-7)11(17)15-5-1-2-9(15)10(13)16/h3-4,6,9H,1-2,5H2,(H2,13,16). The zero-order chi connectivity index (χ0) is 12.4. The van der Waals surface area contributed by atoms with Gasteiger partial charge in [0.2, 0.25) is 5.91 Å². The van der Waals surface area contributed by atoms with E-state index in [9.17, 15) is 9.59 Å². The van der Waals surface area contributed by atoms with E-state index in [4.69, 9.17) is 17.3 Å². The predicted molar refractivity (Wildman–Crippen MR) is 62.5 cm³/mol. The molecular weight excluding hydrogens is 242 g/mol. The van der Waals surface area contributed by atoms with Gasteiger partial charge in [-0.2, -0.15) is 0 Å². The number of pyridine rings is 1. The molecule has 1 aliphatic heterocycles. The molecule has 1 aliphatic rings. The van der Waals surface area contributed by atoms with Crippen LogP contribution in [0.3, 0.4) is 0 Å².